The Labute approximate surface area is 176 Å². The zero-order valence-electron chi connectivity index (χ0n) is 15.0. The van der Waals surface area contributed by atoms with Crippen LogP contribution in [-0.4, -0.2) is 25.5 Å². The van der Waals surface area contributed by atoms with E-state index in [0.29, 0.717) is 0 Å². The number of hydrazone groups is 1. The molecule has 1 saturated heterocycles. The fourth-order valence-electron chi connectivity index (χ4n) is 2.89. The lowest BCUT2D eigenvalue weighted by atomic mass is 10.3. The summed E-state index contributed by atoms with van der Waals surface area (Å²) >= 11 is 5.40. The third kappa shape index (κ3) is 4.10. The van der Waals surface area contributed by atoms with Crippen LogP contribution in [0.25, 0.3) is 19.5 Å². The maximum Gasteiger partial charge on any atom is 0.101 e. The van der Waals surface area contributed by atoms with Crippen molar-refractivity contribution in [3.05, 3.63) is 77.0 Å². The van der Waals surface area contributed by atoms with Crippen molar-refractivity contribution in [2.24, 2.45) is 5.10 Å². The van der Waals surface area contributed by atoms with Gasteiger partial charge in [-0.2, -0.15) is 5.10 Å². The van der Waals surface area contributed by atoms with Crippen molar-refractivity contribution in [1.29, 1.82) is 0 Å². The molecule has 0 bridgehead atoms. The van der Waals surface area contributed by atoms with Crippen molar-refractivity contribution in [2.45, 2.75) is 6.10 Å². The molecule has 0 spiro atoms. The molecule has 1 fully saturated rings. The molecule has 1 atom stereocenters. The van der Waals surface area contributed by atoms with Crippen LogP contribution in [0.4, 0.5) is 5.69 Å². The summed E-state index contributed by atoms with van der Waals surface area (Å²) in [4.78, 5) is 6.40. The molecule has 0 N–H and O–H groups in total. The van der Waals surface area contributed by atoms with Crippen LogP contribution in [0.1, 0.15) is 4.88 Å². The number of anilines is 1. The molecule has 0 aliphatic carbocycles. The van der Waals surface area contributed by atoms with Crippen molar-refractivity contribution in [3.8, 4) is 19.5 Å². The van der Waals surface area contributed by atoms with Gasteiger partial charge in [0.05, 0.1) is 25.1 Å². The van der Waals surface area contributed by atoms with Crippen molar-refractivity contribution in [3.63, 3.8) is 0 Å². The van der Waals surface area contributed by atoms with Crippen LogP contribution in [-0.2, 0) is 4.74 Å². The molecule has 1 unspecified atom stereocenters. The summed E-state index contributed by atoms with van der Waals surface area (Å²) in [5, 5.41) is 8.89. The van der Waals surface area contributed by atoms with Gasteiger partial charge in [0.2, 0.25) is 0 Å². The molecule has 3 aromatic heterocycles. The molecule has 1 aliphatic rings. The van der Waals surface area contributed by atoms with E-state index in [4.69, 9.17) is 9.84 Å². The van der Waals surface area contributed by atoms with Gasteiger partial charge in [0.25, 0.3) is 0 Å². The molecule has 3 nitrogen and oxygen atoms in total. The van der Waals surface area contributed by atoms with Gasteiger partial charge < -0.3 is 4.74 Å². The summed E-state index contributed by atoms with van der Waals surface area (Å²) in [5.41, 5.74) is 1.09. The minimum absolute atomic E-state index is 0.290. The summed E-state index contributed by atoms with van der Waals surface area (Å²) in [6.07, 6.45) is 2.25. The van der Waals surface area contributed by atoms with E-state index in [-0.39, 0.29) is 6.10 Å². The largest absolute Gasteiger partial charge is 0.371 e. The van der Waals surface area contributed by atoms with E-state index >= 15 is 0 Å². The normalized spacial score (nSPS) is 15.9. The van der Waals surface area contributed by atoms with E-state index in [1.807, 2.05) is 40.8 Å². The monoisotopic (exact) mass is 422 g/mol. The summed E-state index contributed by atoms with van der Waals surface area (Å²) in [5.74, 6) is 0. The number of benzene rings is 1. The topological polar surface area (TPSA) is 28.1 Å². The SMILES string of the molecule is C(=N\N(CC1CO1)c1ccccc1)/c1ccc(-c2ccc(-c3cccs3)s2)s1. The summed E-state index contributed by atoms with van der Waals surface area (Å²) in [6.45, 7) is 1.61. The molecular weight excluding hydrogens is 404 g/mol. The first-order valence-electron chi connectivity index (χ1n) is 9.07. The lowest BCUT2D eigenvalue weighted by Crippen LogP contribution is -2.21. The van der Waals surface area contributed by atoms with Crippen LogP contribution in [0.15, 0.2) is 77.2 Å². The van der Waals surface area contributed by atoms with Crippen molar-refractivity contribution in [1.82, 2.24) is 0 Å². The number of epoxide rings is 1. The molecule has 1 aliphatic heterocycles. The Morgan fingerprint density at radius 3 is 2.39 bits per heavy atom. The number of nitrogens with zero attached hydrogens (tertiary/aromatic N) is 2. The molecule has 4 aromatic rings. The number of ether oxygens (including phenoxy) is 1. The molecule has 4 heterocycles. The van der Waals surface area contributed by atoms with Gasteiger partial charge in [-0.3, -0.25) is 5.01 Å². The Balaban J connectivity index is 1.34. The van der Waals surface area contributed by atoms with Crippen molar-refractivity contribution >= 4 is 45.9 Å². The highest BCUT2D eigenvalue weighted by Crippen LogP contribution is 2.38. The summed E-state index contributed by atoms with van der Waals surface area (Å²) in [6, 6.07) is 23.3. The summed E-state index contributed by atoms with van der Waals surface area (Å²) in [7, 11) is 0. The number of para-hydroxylation sites is 1. The first-order chi connectivity index (χ1) is 13.8. The van der Waals surface area contributed by atoms with Gasteiger partial charge in [-0.05, 0) is 47.8 Å². The van der Waals surface area contributed by atoms with Gasteiger partial charge in [0.15, 0.2) is 0 Å². The average Bonchev–Trinajstić information content (AvgIpc) is 3.17. The van der Waals surface area contributed by atoms with Crippen LogP contribution in [0.3, 0.4) is 0 Å². The molecule has 6 heteroatoms. The van der Waals surface area contributed by atoms with Crippen molar-refractivity contribution in [2.75, 3.05) is 18.2 Å². The van der Waals surface area contributed by atoms with E-state index in [0.717, 1.165) is 23.7 Å². The number of hydrogen-bond acceptors (Lipinski definition) is 6. The van der Waals surface area contributed by atoms with Gasteiger partial charge in [-0.15, -0.1) is 34.0 Å². The summed E-state index contributed by atoms with van der Waals surface area (Å²) < 4.78 is 5.40. The zero-order valence-corrected chi connectivity index (χ0v) is 17.5. The molecule has 0 saturated carbocycles. The quantitative estimate of drug-likeness (QED) is 0.195. The van der Waals surface area contributed by atoms with Crippen LogP contribution in [0, 0.1) is 0 Å². The minimum atomic E-state index is 0.290. The molecular formula is C22H18N2OS3. The Hall–Kier alpha value is -2.25. The fraction of sp³-hybridized carbons (Fsp3) is 0.136. The Kier molecular flexibility index (Phi) is 5.10. The maximum absolute atomic E-state index is 5.40. The van der Waals surface area contributed by atoms with Crippen LogP contribution in [0.5, 0.6) is 0 Å². The third-order valence-electron chi connectivity index (χ3n) is 4.40. The number of rotatable bonds is 7. The highest BCUT2D eigenvalue weighted by molar-refractivity contribution is 7.26. The van der Waals surface area contributed by atoms with E-state index in [1.165, 1.54) is 19.5 Å². The van der Waals surface area contributed by atoms with E-state index in [9.17, 15) is 0 Å². The second kappa shape index (κ2) is 8.01. The van der Waals surface area contributed by atoms with Crippen LogP contribution >= 0.6 is 34.0 Å². The average molecular weight is 423 g/mol. The molecule has 0 amide bonds. The first kappa shape index (κ1) is 17.8. The lowest BCUT2D eigenvalue weighted by molar-refractivity contribution is 0.408. The van der Waals surface area contributed by atoms with E-state index in [2.05, 4.69) is 53.9 Å². The maximum atomic E-state index is 5.40. The first-order valence-corrected chi connectivity index (χ1v) is 11.6. The van der Waals surface area contributed by atoms with Gasteiger partial charge in [-0.25, -0.2) is 0 Å². The predicted octanol–water partition coefficient (Wildman–Crippen LogP) is 6.44. The molecule has 140 valence electrons. The minimum Gasteiger partial charge on any atom is -0.371 e. The molecule has 5 rings (SSSR count). The second-order valence-electron chi connectivity index (χ2n) is 6.46. The van der Waals surface area contributed by atoms with E-state index in [1.54, 1.807) is 22.7 Å². The lowest BCUT2D eigenvalue weighted by Gasteiger charge is -2.17. The molecule has 28 heavy (non-hydrogen) atoms. The van der Waals surface area contributed by atoms with Crippen molar-refractivity contribution < 1.29 is 4.74 Å². The second-order valence-corrected chi connectivity index (χ2v) is 9.61. The van der Waals surface area contributed by atoms with Gasteiger partial charge in [0, 0.05) is 24.4 Å². The Morgan fingerprint density at radius 2 is 1.64 bits per heavy atom. The predicted molar refractivity (Wildman–Crippen MR) is 122 cm³/mol. The smallest absolute Gasteiger partial charge is 0.101 e. The molecule has 1 aromatic carbocycles. The van der Waals surface area contributed by atoms with Crippen LogP contribution in [0.2, 0.25) is 0 Å². The Morgan fingerprint density at radius 1 is 0.893 bits per heavy atom. The fourth-order valence-corrected chi connectivity index (χ4v) is 5.69. The number of hydrogen-bond donors (Lipinski definition) is 0. The van der Waals surface area contributed by atoms with Gasteiger partial charge in [0.1, 0.15) is 6.10 Å². The standard InChI is InChI=1S/C22H18N2OS3/c1-2-5-16(6-3-1)24(14-17-15-25-17)23-13-18-8-9-21(27-18)22-11-10-20(28-22)19-7-4-12-26-19/h1-13,17H,14-15H2/b23-13+. The van der Waals surface area contributed by atoms with Crippen LogP contribution < -0.4 is 5.01 Å². The number of thiophene rings is 3. The highest BCUT2D eigenvalue weighted by atomic mass is 32.1. The Bertz CT molecular complexity index is 1060. The van der Waals surface area contributed by atoms with Gasteiger partial charge >= 0.3 is 0 Å². The van der Waals surface area contributed by atoms with E-state index < -0.39 is 0 Å². The highest BCUT2D eigenvalue weighted by Gasteiger charge is 2.25. The molecule has 0 radical (unpaired) electrons. The van der Waals surface area contributed by atoms with Gasteiger partial charge in [-0.1, -0.05) is 24.3 Å². The third-order valence-corrected chi connectivity index (χ3v) is 7.76. The zero-order chi connectivity index (χ0) is 18.8.